The van der Waals surface area contributed by atoms with Crippen LogP contribution in [0.3, 0.4) is 0 Å². The summed E-state index contributed by atoms with van der Waals surface area (Å²) in [5.41, 5.74) is 1.08. The van der Waals surface area contributed by atoms with Gasteiger partial charge in [-0.05, 0) is 49.9 Å². The van der Waals surface area contributed by atoms with Crippen molar-refractivity contribution in [3.8, 4) is 0 Å². The van der Waals surface area contributed by atoms with E-state index in [1.165, 1.54) is 0 Å². The van der Waals surface area contributed by atoms with E-state index in [1.807, 2.05) is 17.0 Å². The number of amides is 1. The molecule has 0 unspecified atom stereocenters. The average Bonchev–Trinajstić information content (AvgIpc) is 3.04. The third-order valence-corrected chi connectivity index (χ3v) is 5.27. The van der Waals surface area contributed by atoms with Crippen molar-refractivity contribution in [2.45, 2.75) is 32.2 Å². The number of likely N-dealkylation sites (tertiary alicyclic amines) is 2. The van der Waals surface area contributed by atoms with Crippen molar-refractivity contribution < 1.29 is 4.79 Å². The summed E-state index contributed by atoms with van der Waals surface area (Å²) in [5.74, 6) is 0.502. The first kappa shape index (κ1) is 16.1. The molecule has 3 nitrogen and oxygen atoms in total. The Morgan fingerprint density at radius 3 is 2.64 bits per heavy atom. The van der Waals surface area contributed by atoms with Gasteiger partial charge in [0, 0.05) is 36.2 Å². The minimum atomic E-state index is 0.151. The van der Waals surface area contributed by atoms with Crippen LogP contribution in [-0.2, 0) is 11.3 Å². The standard InChI is InChI=1S/C17H22Cl2N2O/c18-15-6-5-13(16(19)10-15)11-20-7-3-4-14(12-20)17(22)21-8-1-2-9-21/h5-6,10,14H,1-4,7-9,11-12H2/t14-/m1/s1. The molecule has 2 heterocycles. The van der Waals surface area contributed by atoms with Crippen molar-refractivity contribution in [2.75, 3.05) is 26.2 Å². The highest BCUT2D eigenvalue weighted by Gasteiger charge is 2.30. The zero-order chi connectivity index (χ0) is 15.5. The predicted molar refractivity (Wildman–Crippen MR) is 90.3 cm³/mol. The molecule has 120 valence electrons. The van der Waals surface area contributed by atoms with Gasteiger partial charge in [-0.1, -0.05) is 29.3 Å². The van der Waals surface area contributed by atoms with Crippen LogP contribution in [-0.4, -0.2) is 41.9 Å². The molecule has 1 amide bonds. The van der Waals surface area contributed by atoms with Gasteiger partial charge in [0.15, 0.2) is 0 Å². The second-order valence-corrected chi connectivity index (χ2v) is 7.19. The summed E-state index contributed by atoms with van der Waals surface area (Å²) in [6.07, 6.45) is 4.40. The van der Waals surface area contributed by atoms with Gasteiger partial charge < -0.3 is 4.90 Å². The fourth-order valence-electron chi connectivity index (χ4n) is 3.49. The van der Waals surface area contributed by atoms with Crippen LogP contribution in [0.4, 0.5) is 0 Å². The van der Waals surface area contributed by atoms with Gasteiger partial charge in [-0.15, -0.1) is 0 Å². The highest BCUT2D eigenvalue weighted by atomic mass is 35.5. The van der Waals surface area contributed by atoms with E-state index in [4.69, 9.17) is 23.2 Å². The van der Waals surface area contributed by atoms with Gasteiger partial charge in [-0.2, -0.15) is 0 Å². The lowest BCUT2D eigenvalue weighted by Crippen LogP contribution is -2.43. The molecule has 0 saturated carbocycles. The van der Waals surface area contributed by atoms with Crippen molar-refractivity contribution in [3.63, 3.8) is 0 Å². The minimum absolute atomic E-state index is 0.151. The molecule has 5 heteroatoms. The van der Waals surface area contributed by atoms with Crippen LogP contribution in [0, 0.1) is 5.92 Å². The third-order valence-electron chi connectivity index (χ3n) is 4.68. The van der Waals surface area contributed by atoms with E-state index in [2.05, 4.69) is 4.90 Å². The van der Waals surface area contributed by atoms with Crippen LogP contribution in [0.2, 0.25) is 10.0 Å². The molecule has 0 aliphatic carbocycles. The molecule has 2 aliphatic heterocycles. The molecular formula is C17H22Cl2N2O. The number of rotatable bonds is 3. The summed E-state index contributed by atoms with van der Waals surface area (Å²) < 4.78 is 0. The van der Waals surface area contributed by atoms with Gasteiger partial charge in [0.1, 0.15) is 0 Å². The maximum absolute atomic E-state index is 12.6. The Labute approximate surface area is 142 Å². The molecule has 1 aromatic rings. The van der Waals surface area contributed by atoms with Crippen LogP contribution in [0.1, 0.15) is 31.2 Å². The Balaban J connectivity index is 1.61. The summed E-state index contributed by atoms with van der Waals surface area (Å²) >= 11 is 12.2. The average molecular weight is 341 g/mol. The summed E-state index contributed by atoms with van der Waals surface area (Å²) in [7, 11) is 0. The summed E-state index contributed by atoms with van der Waals surface area (Å²) in [6, 6.07) is 5.64. The molecular weight excluding hydrogens is 319 g/mol. The molecule has 0 radical (unpaired) electrons. The number of hydrogen-bond donors (Lipinski definition) is 0. The molecule has 1 aromatic carbocycles. The van der Waals surface area contributed by atoms with E-state index in [1.54, 1.807) is 6.07 Å². The first-order chi connectivity index (χ1) is 10.6. The summed E-state index contributed by atoms with van der Waals surface area (Å²) in [5, 5.41) is 1.37. The molecule has 22 heavy (non-hydrogen) atoms. The molecule has 0 bridgehead atoms. The van der Waals surface area contributed by atoms with Crippen LogP contribution in [0.25, 0.3) is 0 Å². The van der Waals surface area contributed by atoms with E-state index >= 15 is 0 Å². The number of carbonyl (C=O) groups excluding carboxylic acids is 1. The number of hydrogen-bond acceptors (Lipinski definition) is 2. The smallest absolute Gasteiger partial charge is 0.226 e. The maximum Gasteiger partial charge on any atom is 0.226 e. The lowest BCUT2D eigenvalue weighted by molar-refractivity contribution is -0.136. The normalized spacial score (nSPS) is 23.0. The highest BCUT2D eigenvalue weighted by molar-refractivity contribution is 6.35. The molecule has 2 saturated heterocycles. The monoisotopic (exact) mass is 340 g/mol. The SMILES string of the molecule is O=C([C@@H]1CCCN(Cc2ccc(Cl)cc2Cl)C1)N1CCCC1. The van der Waals surface area contributed by atoms with E-state index in [9.17, 15) is 4.79 Å². The van der Waals surface area contributed by atoms with Gasteiger partial charge in [-0.25, -0.2) is 0 Å². The molecule has 1 atom stereocenters. The quantitative estimate of drug-likeness (QED) is 0.834. The van der Waals surface area contributed by atoms with Gasteiger partial charge in [0.2, 0.25) is 5.91 Å². The second-order valence-electron chi connectivity index (χ2n) is 6.34. The molecule has 3 rings (SSSR count). The van der Waals surface area contributed by atoms with Crippen LogP contribution in [0.15, 0.2) is 18.2 Å². The van der Waals surface area contributed by atoms with Gasteiger partial charge in [0.25, 0.3) is 0 Å². The van der Waals surface area contributed by atoms with Crippen molar-refractivity contribution in [3.05, 3.63) is 33.8 Å². The molecule has 2 aliphatic rings. The lowest BCUT2D eigenvalue weighted by Gasteiger charge is -2.34. The van der Waals surface area contributed by atoms with Crippen molar-refractivity contribution >= 4 is 29.1 Å². The van der Waals surface area contributed by atoms with Crippen molar-refractivity contribution in [2.24, 2.45) is 5.92 Å². The minimum Gasteiger partial charge on any atom is -0.342 e. The largest absolute Gasteiger partial charge is 0.342 e. The van der Waals surface area contributed by atoms with Crippen LogP contribution < -0.4 is 0 Å². The predicted octanol–water partition coefficient (Wildman–Crippen LogP) is 3.83. The van der Waals surface area contributed by atoms with Crippen molar-refractivity contribution in [1.29, 1.82) is 0 Å². The zero-order valence-electron chi connectivity index (χ0n) is 12.7. The van der Waals surface area contributed by atoms with Gasteiger partial charge >= 0.3 is 0 Å². The Hall–Kier alpha value is -0.770. The number of benzene rings is 1. The number of halogens is 2. The molecule has 0 spiro atoms. The van der Waals surface area contributed by atoms with Crippen LogP contribution in [0.5, 0.6) is 0 Å². The maximum atomic E-state index is 12.6. The first-order valence-electron chi connectivity index (χ1n) is 8.08. The van der Waals surface area contributed by atoms with E-state index < -0.39 is 0 Å². The Bertz CT molecular complexity index is 543. The summed E-state index contributed by atoms with van der Waals surface area (Å²) in [4.78, 5) is 17.0. The Kier molecular flexibility index (Phi) is 5.27. The van der Waals surface area contributed by atoms with E-state index in [-0.39, 0.29) is 5.92 Å². The number of carbonyl (C=O) groups is 1. The summed E-state index contributed by atoms with van der Waals surface area (Å²) in [6.45, 7) is 4.55. The van der Waals surface area contributed by atoms with Gasteiger partial charge in [0.05, 0.1) is 5.92 Å². The second kappa shape index (κ2) is 7.20. The number of piperidine rings is 1. The zero-order valence-corrected chi connectivity index (χ0v) is 14.2. The van der Waals surface area contributed by atoms with Crippen molar-refractivity contribution in [1.82, 2.24) is 9.80 Å². The Morgan fingerprint density at radius 1 is 1.14 bits per heavy atom. The van der Waals surface area contributed by atoms with Crippen LogP contribution >= 0.6 is 23.2 Å². The van der Waals surface area contributed by atoms with E-state index in [0.29, 0.717) is 16.0 Å². The first-order valence-corrected chi connectivity index (χ1v) is 8.84. The molecule has 0 N–H and O–H groups in total. The lowest BCUT2D eigenvalue weighted by atomic mass is 9.96. The fraction of sp³-hybridized carbons (Fsp3) is 0.588. The number of nitrogens with zero attached hydrogens (tertiary/aromatic N) is 2. The highest BCUT2D eigenvalue weighted by Crippen LogP contribution is 2.26. The Morgan fingerprint density at radius 2 is 1.91 bits per heavy atom. The molecule has 2 fully saturated rings. The molecule has 0 aromatic heterocycles. The third kappa shape index (κ3) is 3.76. The van der Waals surface area contributed by atoms with E-state index in [0.717, 1.165) is 64.0 Å². The topological polar surface area (TPSA) is 23.6 Å². The fourth-order valence-corrected chi connectivity index (χ4v) is 3.96. The van der Waals surface area contributed by atoms with Gasteiger partial charge in [-0.3, -0.25) is 9.69 Å².